The first-order chi connectivity index (χ1) is 10.2. The summed E-state index contributed by atoms with van der Waals surface area (Å²) in [5.41, 5.74) is 4.40. The number of hydrogen-bond acceptors (Lipinski definition) is 2. The highest BCUT2D eigenvalue weighted by atomic mass is 79.9. The number of aryl methyl sites for hydroxylation is 1. The number of rotatable bonds is 3. The van der Waals surface area contributed by atoms with Crippen molar-refractivity contribution >= 4 is 27.5 Å². The van der Waals surface area contributed by atoms with E-state index in [0.29, 0.717) is 11.6 Å². The summed E-state index contributed by atoms with van der Waals surface area (Å²) in [6.45, 7) is 0. The second-order valence-electron chi connectivity index (χ2n) is 5.24. The van der Waals surface area contributed by atoms with E-state index in [0.717, 1.165) is 23.0 Å². The summed E-state index contributed by atoms with van der Waals surface area (Å²) in [6, 6.07) is 14.4. The van der Waals surface area contributed by atoms with Gasteiger partial charge < -0.3 is 10.6 Å². The molecular weight excluding hydrogens is 328 g/mol. The maximum absolute atomic E-state index is 11.7. The third-order valence-corrected chi connectivity index (χ3v) is 4.37. The number of nitrogens with one attached hydrogen (secondary N) is 2. The fraction of sp³-hybridized carbons (Fsp3) is 0.235. The van der Waals surface area contributed by atoms with Gasteiger partial charge in [-0.2, -0.15) is 0 Å². The summed E-state index contributed by atoms with van der Waals surface area (Å²) in [6.07, 6.45) is 2.16. The zero-order valence-corrected chi connectivity index (χ0v) is 13.4. The van der Waals surface area contributed by atoms with Gasteiger partial charge in [-0.15, -0.1) is 0 Å². The van der Waals surface area contributed by atoms with Gasteiger partial charge in [-0.05, 0) is 54.3 Å². The molecule has 0 fully saturated rings. The number of benzene rings is 2. The Hall–Kier alpha value is -1.81. The molecule has 1 amide bonds. The fourth-order valence-electron chi connectivity index (χ4n) is 2.83. The number of carbonyl (C=O) groups excluding carboxylic acids is 1. The Balaban J connectivity index is 1.81. The molecule has 0 radical (unpaired) electrons. The molecule has 0 bridgehead atoms. The molecule has 1 atom stereocenters. The second kappa shape index (κ2) is 5.90. The van der Waals surface area contributed by atoms with Crippen molar-refractivity contribution < 1.29 is 4.79 Å². The lowest BCUT2D eigenvalue weighted by atomic mass is 10.1. The minimum Gasteiger partial charge on any atom is -0.378 e. The van der Waals surface area contributed by atoms with E-state index in [-0.39, 0.29) is 5.91 Å². The summed E-state index contributed by atoms with van der Waals surface area (Å²) < 4.78 is 1.13. The van der Waals surface area contributed by atoms with Gasteiger partial charge in [0.1, 0.15) is 0 Å². The third-order valence-electron chi connectivity index (χ3n) is 3.88. The van der Waals surface area contributed by atoms with Crippen LogP contribution in [0.1, 0.15) is 33.9 Å². The van der Waals surface area contributed by atoms with E-state index < -0.39 is 0 Å². The molecule has 0 saturated heterocycles. The van der Waals surface area contributed by atoms with E-state index in [4.69, 9.17) is 0 Å². The summed E-state index contributed by atoms with van der Waals surface area (Å²) in [5.74, 6) is -0.0607. The van der Waals surface area contributed by atoms with E-state index in [1.165, 1.54) is 11.1 Å². The summed E-state index contributed by atoms with van der Waals surface area (Å²) in [5, 5.41) is 6.19. The maximum Gasteiger partial charge on any atom is 0.251 e. The van der Waals surface area contributed by atoms with Crippen molar-refractivity contribution in [2.24, 2.45) is 0 Å². The van der Waals surface area contributed by atoms with Crippen LogP contribution in [0.3, 0.4) is 0 Å². The molecule has 3 nitrogen and oxygen atoms in total. The lowest BCUT2D eigenvalue weighted by Gasteiger charge is -2.16. The first-order valence-corrected chi connectivity index (χ1v) is 7.83. The molecule has 4 heteroatoms. The van der Waals surface area contributed by atoms with Gasteiger partial charge >= 0.3 is 0 Å². The minimum atomic E-state index is -0.0607. The predicted molar refractivity (Wildman–Crippen MR) is 88.7 cm³/mol. The molecule has 108 valence electrons. The van der Waals surface area contributed by atoms with E-state index in [9.17, 15) is 4.79 Å². The summed E-state index contributed by atoms with van der Waals surface area (Å²) in [4.78, 5) is 11.7. The lowest BCUT2D eigenvalue weighted by Crippen LogP contribution is -2.18. The second-order valence-corrected chi connectivity index (χ2v) is 6.15. The van der Waals surface area contributed by atoms with Crippen LogP contribution in [0.5, 0.6) is 0 Å². The predicted octanol–water partition coefficient (Wildman–Crippen LogP) is 3.91. The van der Waals surface area contributed by atoms with Crippen LogP contribution in [0, 0.1) is 0 Å². The molecule has 3 rings (SSSR count). The van der Waals surface area contributed by atoms with E-state index >= 15 is 0 Å². The highest BCUT2D eigenvalue weighted by Crippen LogP contribution is 2.35. The molecule has 0 saturated carbocycles. The monoisotopic (exact) mass is 344 g/mol. The Morgan fingerprint density at radius 3 is 2.90 bits per heavy atom. The van der Waals surface area contributed by atoms with E-state index in [1.807, 2.05) is 24.3 Å². The number of anilines is 1. The van der Waals surface area contributed by atoms with Gasteiger partial charge in [0.05, 0.1) is 6.04 Å². The lowest BCUT2D eigenvalue weighted by molar-refractivity contribution is 0.0963. The normalized spacial score (nSPS) is 16.4. The Morgan fingerprint density at radius 2 is 2.10 bits per heavy atom. The van der Waals surface area contributed by atoms with Crippen LogP contribution in [-0.4, -0.2) is 13.0 Å². The molecule has 1 aliphatic rings. The Morgan fingerprint density at radius 1 is 1.24 bits per heavy atom. The largest absolute Gasteiger partial charge is 0.378 e. The fourth-order valence-corrected chi connectivity index (χ4v) is 3.24. The smallest absolute Gasteiger partial charge is 0.251 e. The maximum atomic E-state index is 11.7. The topological polar surface area (TPSA) is 41.1 Å². The first-order valence-electron chi connectivity index (χ1n) is 7.04. The van der Waals surface area contributed by atoms with Crippen LogP contribution in [0.15, 0.2) is 46.9 Å². The zero-order chi connectivity index (χ0) is 14.8. The SMILES string of the molecule is CNC(=O)c1cccc(NC2CCc3cc(Br)ccc32)c1. The van der Waals surface area contributed by atoms with Crippen LogP contribution in [0.2, 0.25) is 0 Å². The van der Waals surface area contributed by atoms with Crippen LogP contribution < -0.4 is 10.6 Å². The highest BCUT2D eigenvalue weighted by Gasteiger charge is 2.22. The third kappa shape index (κ3) is 2.95. The van der Waals surface area contributed by atoms with Gasteiger partial charge in [0.15, 0.2) is 0 Å². The van der Waals surface area contributed by atoms with Crippen molar-refractivity contribution in [3.63, 3.8) is 0 Å². The zero-order valence-electron chi connectivity index (χ0n) is 11.8. The molecule has 21 heavy (non-hydrogen) atoms. The first kappa shape index (κ1) is 14.1. The van der Waals surface area contributed by atoms with E-state index in [2.05, 4.69) is 44.8 Å². The van der Waals surface area contributed by atoms with E-state index in [1.54, 1.807) is 7.05 Å². The number of amides is 1. The molecule has 2 aromatic rings. The van der Waals surface area contributed by atoms with Crippen molar-refractivity contribution in [2.45, 2.75) is 18.9 Å². The standard InChI is InChI=1S/C17H17BrN2O/c1-19-17(21)12-3-2-4-14(10-12)20-16-8-5-11-9-13(18)6-7-15(11)16/h2-4,6-7,9-10,16,20H,5,8H2,1H3,(H,19,21). The average Bonchev–Trinajstić information content (AvgIpc) is 2.89. The molecule has 0 aromatic heterocycles. The van der Waals surface area contributed by atoms with Crippen molar-refractivity contribution in [1.29, 1.82) is 0 Å². The summed E-state index contributed by atoms with van der Waals surface area (Å²) >= 11 is 3.52. The van der Waals surface area contributed by atoms with Crippen molar-refractivity contribution in [3.05, 3.63) is 63.6 Å². The minimum absolute atomic E-state index is 0.0607. The molecule has 2 aromatic carbocycles. The number of fused-ring (bicyclic) bond motifs is 1. The van der Waals surface area contributed by atoms with Crippen molar-refractivity contribution in [2.75, 3.05) is 12.4 Å². The van der Waals surface area contributed by atoms with Gasteiger partial charge in [0.2, 0.25) is 0 Å². The average molecular weight is 345 g/mol. The van der Waals surface area contributed by atoms with Gasteiger partial charge in [-0.1, -0.05) is 28.1 Å². The molecule has 1 aliphatic carbocycles. The number of carbonyl (C=O) groups is 1. The molecular formula is C17H17BrN2O. The van der Waals surface area contributed by atoms with Crippen molar-refractivity contribution in [3.8, 4) is 0 Å². The highest BCUT2D eigenvalue weighted by molar-refractivity contribution is 9.10. The number of hydrogen-bond donors (Lipinski definition) is 2. The van der Waals surface area contributed by atoms with Gasteiger partial charge in [-0.3, -0.25) is 4.79 Å². The molecule has 0 spiro atoms. The van der Waals surface area contributed by atoms with Crippen LogP contribution in [0.4, 0.5) is 5.69 Å². The Bertz CT molecular complexity index is 684. The molecule has 2 N–H and O–H groups in total. The summed E-state index contributed by atoms with van der Waals surface area (Å²) in [7, 11) is 1.65. The van der Waals surface area contributed by atoms with Crippen LogP contribution in [0.25, 0.3) is 0 Å². The van der Waals surface area contributed by atoms with Crippen molar-refractivity contribution in [1.82, 2.24) is 5.32 Å². The quantitative estimate of drug-likeness (QED) is 0.886. The van der Waals surface area contributed by atoms with Gasteiger partial charge in [0, 0.05) is 22.8 Å². The Labute approximate surface area is 132 Å². The molecule has 0 heterocycles. The number of halogens is 1. The molecule has 1 unspecified atom stereocenters. The van der Waals surface area contributed by atoms with Gasteiger partial charge in [0.25, 0.3) is 5.91 Å². The molecule has 0 aliphatic heterocycles. The van der Waals surface area contributed by atoms with Crippen LogP contribution >= 0.6 is 15.9 Å². The Kier molecular flexibility index (Phi) is 3.97. The van der Waals surface area contributed by atoms with Crippen LogP contribution in [-0.2, 0) is 6.42 Å². The van der Waals surface area contributed by atoms with Gasteiger partial charge in [-0.25, -0.2) is 0 Å².